The number of morpholine rings is 1. The number of halogens is 1. The van der Waals surface area contributed by atoms with Crippen LogP contribution in [0.1, 0.15) is 46.0 Å². The van der Waals surface area contributed by atoms with Gasteiger partial charge in [0, 0.05) is 25.2 Å². The molecule has 1 N–H and O–H groups in total. The van der Waals surface area contributed by atoms with Gasteiger partial charge in [-0.1, -0.05) is 19.3 Å². The number of allylic oxidation sites excluding steroid dienone is 1. The van der Waals surface area contributed by atoms with E-state index in [0.29, 0.717) is 19.8 Å². The third kappa shape index (κ3) is 5.06. The van der Waals surface area contributed by atoms with Crippen LogP contribution in [-0.2, 0) is 9.53 Å². The number of hydrogen-bond acceptors (Lipinski definition) is 3. The smallest absolute Gasteiger partial charge is 0.279 e. The fourth-order valence-electron chi connectivity index (χ4n) is 3.24. The van der Waals surface area contributed by atoms with Crippen molar-refractivity contribution < 1.29 is 13.9 Å². The molecule has 2 rings (SSSR count). The average molecular weight is 312 g/mol. The summed E-state index contributed by atoms with van der Waals surface area (Å²) in [6.45, 7) is 7.72. The highest BCUT2D eigenvalue weighted by molar-refractivity contribution is 5.91. The Labute approximate surface area is 133 Å². The molecule has 0 bridgehead atoms. The van der Waals surface area contributed by atoms with Crippen LogP contribution >= 0.6 is 0 Å². The summed E-state index contributed by atoms with van der Waals surface area (Å²) in [5.41, 5.74) is -0.190. The van der Waals surface area contributed by atoms with Crippen molar-refractivity contribution in [3.8, 4) is 0 Å². The quantitative estimate of drug-likeness (QED) is 0.794. The van der Waals surface area contributed by atoms with Crippen molar-refractivity contribution in [2.45, 2.75) is 51.5 Å². The van der Waals surface area contributed by atoms with Gasteiger partial charge in [-0.05, 0) is 38.7 Å². The number of carbonyl (C=O) groups is 1. The Morgan fingerprint density at radius 1 is 1.27 bits per heavy atom. The number of hydrogen-bond donors (Lipinski definition) is 1. The van der Waals surface area contributed by atoms with Crippen LogP contribution in [0.2, 0.25) is 0 Å². The van der Waals surface area contributed by atoms with Crippen LogP contribution < -0.4 is 5.32 Å². The first-order valence-electron chi connectivity index (χ1n) is 8.47. The molecule has 2 aliphatic rings. The van der Waals surface area contributed by atoms with Crippen LogP contribution in [0.3, 0.4) is 0 Å². The summed E-state index contributed by atoms with van der Waals surface area (Å²) in [7, 11) is 0. The van der Waals surface area contributed by atoms with Crippen molar-refractivity contribution in [3.05, 3.63) is 11.9 Å². The van der Waals surface area contributed by atoms with Gasteiger partial charge in [-0.15, -0.1) is 0 Å². The molecule has 1 aliphatic heterocycles. The van der Waals surface area contributed by atoms with Gasteiger partial charge in [0.05, 0.1) is 13.2 Å². The van der Waals surface area contributed by atoms with Gasteiger partial charge < -0.3 is 10.1 Å². The van der Waals surface area contributed by atoms with E-state index in [1.54, 1.807) is 0 Å². The van der Waals surface area contributed by atoms with Crippen molar-refractivity contribution >= 4 is 5.91 Å². The van der Waals surface area contributed by atoms with Gasteiger partial charge in [0.2, 0.25) is 0 Å². The Morgan fingerprint density at radius 2 is 1.91 bits per heavy atom. The molecule has 0 unspecified atom stereocenters. The highest BCUT2D eigenvalue weighted by atomic mass is 19.1. The first-order valence-corrected chi connectivity index (χ1v) is 8.47. The van der Waals surface area contributed by atoms with E-state index in [1.165, 1.54) is 12.5 Å². The molecular weight excluding hydrogens is 283 g/mol. The standard InChI is InChI=1S/C17H29FN2O2/c1-17(2,20-8-10-22-11-9-20)13-19-16(21)15(18)12-14-6-4-3-5-7-14/h12,14H,3-11,13H2,1-2H3,(H,19,21)/b15-12+. The van der Waals surface area contributed by atoms with Crippen LogP contribution in [0, 0.1) is 5.92 Å². The Kier molecular flexibility index (Phi) is 6.38. The molecule has 126 valence electrons. The third-order valence-electron chi connectivity index (χ3n) is 4.80. The lowest BCUT2D eigenvalue weighted by Crippen LogP contribution is -2.55. The maximum Gasteiger partial charge on any atom is 0.279 e. The summed E-state index contributed by atoms with van der Waals surface area (Å²) >= 11 is 0. The molecule has 0 radical (unpaired) electrons. The van der Waals surface area contributed by atoms with E-state index in [4.69, 9.17) is 4.74 Å². The minimum atomic E-state index is -0.621. The zero-order valence-electron chi connectivity index (χ0n) is 13.9. The van der Waals surface area contributed by atoms with Gasteiger partial charge in [-0.2, -0.15) is 0 Å². The van der Waals surface area contributed by atoms with Crippen molar-refractivity contribution in [2.75, 3.05) is 32.8 Å². The van der Waals surface area contributed by atoms with Crippen LogP contribution in [0.15, 0.2) is 11.9 Å². The molecule has 0 aromatic heterocycles. The van der Waals surface area contributed by atoms with Gasteiger partial charge in [0.15, 0.2) is 5.83 Å². The average Bonchev–Trinajstić information content (AvgIpc) is 2.54. The summed E-state index contributed by atoms with van der Waals surface area (Å²) in [6, 6.07) is 0. The predicted octanol–water partition coefficient (Wildman–Crippen LogP) is 2.65. The minimum Gasteiger partial charge on any atom is -0.379 e. The summed E-state index contributed by atoms with van der Waals surface area (Å²) in [5, 5.41) is 2.74. The topological polar surface area (TPSA) is 41.6 Å². The molecule has 0 aromatic carbocycles. The predicted molar refractivity (Wildman–Crippen MR) is 85.2 cm³/mol. The molecule has 22 heavy (non-hydrogen) atoms. The lowest BCUT2D eigenvalue weighted by Gasteiger charge is -2.40. The molecule has 5 heteroatoms. The van der Waals surface area contributed by atoms with Gasteiger partial charge in [0.1, 0.15) is 0 Å². The van der Waals surface area contributed by atoms with E-state index in [0.717, 1.165) is 38.8 Å². The molecule has 2 fully saturated rings. The van der Waals surface area contributed by atoms with Crippen LogP contribution in [0.5, 0.6) is 0 Å². The molecule has 4 nitrogen and oxygen atoms in total. The minimum absolute atomic E-state index is 0.190. The Balaban J connectivity index is 1.81. The van der Waals surface area contributed by atoms with Crippen molar-refractivity contribution in [3.63, 3.8) is 0 Å². The van der Waals surface area contributed by atoms with E-state index in [-0.39, 0.29) is 11.5 Å². The molecule has 1 amide bonds. The number of nitrogens with zero attached hydrogens (tertiary/aromatic N) is 1. The molecule has 1 saturated carbocycles. The van der Waals surface area contributed by atoms with E-state index in [1.807, 2.05) is 0 Å². The van der Waals surface area contributed by atoms with Crippen molar-refractivity contribution in [2.24, 2.45) is 5.92 Å². The van der Waals surface area contributed by atoms with E-state index in [9.17, 15) is 9.18 Å². The molecule has 0 aromatic rings. The van der Waals surface area contributed by atoms with Crippen molar-refractivity contribution in [1.29, 1.82) is 0 Å². The summed E-state index contributed by atoms with van der Waals surface area (Å²) in [6.07, 6.45) is 7.03. The van der Waals surface area contributed by atoms with E-state index in [2.05, 4.69) is 24.1 Å². The molecule has 1 heterocycles. The third-order valence-corrected chi connectivity index (χ3v) is 4.80. The lowest BCUT2D eigenvalue weighted by atomic mass is 9.89. The fourth-order valence-corrected chi connectivity index (χ4v) is 3.24. The maximum atomic E-state index is 14.0. The Bertz CT molecular complexity index is 397. The second kappa shape index (κ2) is 8.06. The molecule has 0 atom stereocenters. The molecule has 0 spiro atoms. The highest BCUT2D eigenvalue weighted by Crippen LogP contribution is 2.26. The number of amides is 1. The zero-order chi connectivity index (χ0) is 16.0. The van der Waals surface area contributed by atoms with E-state index < -0.39 is 11.7 Å². The first-order chi connectivity index (χ1) is 10.5. The second-order valence-corrected chi connectivity index (χ2v) is 7.01. The number of ether oxygens (including phenoxy) is 1. The van der Waals surface area contributed by atoms with Gasteiger partial charge >= 0.3 is 0 Å². The Morgan fingerprint density at radius 3 is 2.55 bits per heavy atom. The van der Waals surface area contributed by atoms with Gasteiger partial charge in [-0.3, -0.25) is 9.69 Å². The lowest BCUT2D eigenvalue weighted by molar-refractivity contribution is -0.119. The summed E-state index contributed by atoms with van der Waals surface area (Å²) < 4.78 is 19.4. The van der Waals surface area contributed by atoms with E-state index >= 15 is 0 Å². The largest absolute Gasteiger partial charge is 0.379 e. The summed E-state index contributed by atoms with van der Waals surface area (Å²) in [5.74, 6) is -0.969. The number of rotatable bonds is 5. The summed E-state index contributed by atoms with van der Waals surface area (Å²) in [4.78, 5) is 14.2. The van der Waals surface area contributed by atoms with Gasteiger partial charge in [-0.25, -0.2) is 4.39 Å². The highest BCUT2D eigenvalue weighted by Gasteiger charge is 2.29. The maximum absolute atomic E-state index is 14.0. The van der Waals surface area contributed by atoms with Crippen LogP contribution in [-0.4, -0.2) is 49.2 Å². The first kappa shape index (κ1) is 17.4. The monoisotopic (exact) mass is 312 g/mol. The number of nitrogens with one attached hydrogen (secondary N) is 1. The van der Waals surface area contributed by atoms with Crippen molar-refractivity contribution in [1.82, 2.24) is 10.2 Å². The van der Waals surface area contributed by atoms with Crippen LogP contribution in [0.4, 0.5) is 4.39 Å². The SMILES string of the molecule is CC(C)(CNC(=O)/C(F)=C\C1CCCCC1)N1CCOCC1. The Hall–Kier alpha value is -0.940. The second-order valence-electron chi connectivity index (χ2n) is 7.01. The molecule has 1 aliphatic carbocycles. The number of carbonyl (C=O) groups excluding carboxylic acids is 1. The zero-order valence-corrected chi connectivity index (χ0v) is 13.9. The molecular formula is C17H29FN2O2. The fraction of sp³-hybridized carbons (Fsp3) is 0.824. The van der Waals surface area contributed by atoms with Crippen LogP contribution in [0.25, 0.3) is 0 Å². The molecule has 1 saturated heterocycles. The van der Waals surface area contributed by atoms with Gasteiger partial charge in [0.25, 0.3) is 5.91 Å². The normalized spacial score (nSPS) is 22.6.